The SMILES string of the molecule is Cc1c(Cl)ccc(F)c1-c1c(O)ccc2ccccc12. The standard InChI is InChI=1S/C17H12ClFO/c1-10-13(18)7-8-14(19)16(10)17-12-5-3-2-4-11(12)6-9-15(17)20/h2-9,20H,1H3. The summed E-state index contributed by atoms with van der Waals surface area (Å²) >= 11 is 6.09. The zero-order chi connectivity index (χ0) is 14.3. The first kappa shape index (κ1) is 12.9. The van der Waals surface area contributed by atoms with Crippen molar-refractivity contribution in [1.29, 1.82) is 0 Å². The number of halogens is 2. The van der Waals surface area contributed by atoms with Gasteiger partial charge in [-0.25, -0.2) is 4.39 Å². The molecule has 3 aromatic carbocycles. The van der Waals surface area contributed by atoms with Gasteiger partial charge in [0.1, 0.15) is 11.6 Å². The van der Waals surface area contributed by atoms with Crippen LogP contribution in [0.25, 0.3) is 21.9 Å². The third-order valence-electron chi connectivity index (χ3n) is 3.51. The molecule has 0 unspecified atom stereocenters. The molecule has 0 aliphatic heterocycles. The number of phenolic OH excluding ortho intramolecular Hbond substituents is 1. The highest BCUT2D eigenvalue weighted by atomic mass is 35.5. The van der Waals surface area contributed by atoms with E-state index < -0.39 is 5.82 Å². The molecule has 0 spiro atoms. The van der Waals surface area contributed by atoms with Crippen molar-refractivity contribution in [3.8, 4) is 16.9 Å². The summed E-state index contributed by atoms with van der Waals surface area (Å²) in [6, 6.07) is 13.8. The Morgan fingerprint density at radius 2 is 1.70 bits per heavy atom. The lowest BCUT2D eigenvalue weighted by molar-refractivity contribution is 0.477. The van der Waals surface area contributed by atoms with Gasteiger partial charge < -0.3 is 5.11 Å². The van der Waals surface area contributed by atoms with Gasteiger partial charge in [-0.3, -0.25) is 0 Å². The smallest absolute Gasteiger partial charge is 0.131 e. The van der Waals surface area contributed by atoms with Crippen LogP contribution in [-0.4, -0.2) is 5.11 Å². The molecule has 0 radical (unpaired) electrons. The van der Waals surface area contributed by atoms with E-state index in [2.05, 4.69) is 0 Å². The van der Waals surface area contributed by atoms with Crippen molar-refractivity contribution in [3.05, 3.63) is 64.9 Å². The van der Waals surface area contributed by atoms with Crippen LogP contribution in [0.2, 0.25) is 5.02 Å². The Bertz CT molecular complexity index is 811. The molecule has 0 bridgehead atoms. The predicted octanol–water partition coefficient (Wildman–Crippen LogP) is 5.31. The van der Waals surface area contributed by atoms with E-state index in [1.165, 1.54) is 12.1 Å². The van der Waals surface area contributed by atoms with Crippen LogP contribution in [0.1, 0.15) is 5.56 Å². The minimum absolute atomic E-state index is 0.0490. The zero-order valence-electron chi connectivity index (χ0n) is 10.8. The first-order valence-electron chi connectivity index (χ1n) is 6.25. The van der Waals surface area contributed by atoms with Crippen LogP contribution < -0.4 is 0 Å². The van der Waals surface area contributed by atoms with Crippen LogP contribution in [0.4, 0.5) is 4.39 Å². The molecule has 20 heavy (non-hydrogen) atoms. The molecule has 0 aromatic heterocycles. The minimum atomic E-state index is -0.390. The Balaban J connectivity index is 2.47. The number of phenols is 1. The van der Waals surface area contributed by atoms with Crippen molar-refractivity contribution < 1.29 is 9.50 Å². The van der Waals surface area contributed by atoms with Gasteiger partial charge in [0.15, 0.2) is 0 Å². The molecule has 1 N–H and O–H groups in total. The maximum atomic E-state index is 14.3. The lowest BCUT2D eigenvalue weighted by Gasteiger charge is -2.14. The van der Waals surface area contributed by atoms with Crippen molar-refractivity contribution in [1.82, 2.24) is 0 Å². The van der Waals surface area contributed by atoms with Crippen molar-refractivity contribution in [2.45, 2.75) is 6.92 Å². The van der Waals surface area contributed by atoms with Crippen LogP contribution in [0.15, 0.2) is 48.5 Å². The van der Waals surface area contributed by atoms with E-state index in [1.807, 2.05) is 30.3 Å². The molecule has 100 valence electrons. The molecule has 0 heterocycles. The van der Waals surface area contributed by atoms with Crippen LogP contribution in [-0.2, 0) is 0 Å². The maximum absolute atomic E-state index is 14.3. The predicted molar refractivity (Wildman–Crippen MR) is 80.8 cm³/mol. The van der Waals surface area contributed by atoms with Crippen molar-refractivity contribution >= 4 is 22.4 Å². The molecule has 0 atom stereocenters. The third-order valence-corrected chi connectivity index (χ3v) is 3.91. The first-order valence-corrected chi connectivity index (χ1v) is 6.63. The molecule has 3 heteroatoms. The van der Waals surface area contributed by atoms with Gasteiger partial charge in [0, 0.05) is 16.1 Å². The summed E-state index contributed by atoms with van der Waals surface area (Å²) in [5, 5.41) is 12.4. The van der Waals surface area contributed by atoms with Crippen LogP contribution in [0.3, 0.4) is 0 Å². The molecule has 1 nitrogen and oxygen atoms in total. The molecule has 0 aliphatic rings. The lowest BCUT2D eigenvalue weighted by Crippen LogP contribution is -1.92. The van der Waals surface area contributed by atoms with E-state index in [4.69, 9.17) is 11.6 Å². The fourth-order valence-corrected chi connectivity index (χ4v) is 2.64. The number of rotatable bonds is 1. The molecule has 0 fully saturated rings. The molecule has 3 rings (SSSR count). The normalized spacial score (nSPS) is 10.9. The largest absolute Gasteiger partial charge is 0.507 e. The second kappa shape index (κ2) is 4.80. The summed E-state index contributed by atoms with van der Waals surface area (Å²) < 4.78 is 14.3. The van der Waals surface area contributed by atoms with E-state index >= 15 is 0 Å². The second-order valence-corrected chi connectivity index (χ2v) is 5.12. The Kier molecular flexibility index (Phi) is 3.11. The lowest BCUT2D eigenvalue weighted by atomic mass is 9.94. The molecule has 0 aliphatic carbocycles. The average Bonchev–Trinajstić information content (AvgIpc) is 2.45. The highest BCUT2D eigenvalue weighted by Gasteiger charge is 2.17. The Hall–Kier alpha value is -2.06. The van der Waals surface area contributed by atoms with Crippen molar-refractivity contribution in [3.63, 3.8) is 0 Å². The van der Waals surface area contributed by atoms with Gasteiger partial charge in [0.05, 0.1) is 0 Å². The monoisotopic (exact) mass is 286 g/mol. The zero-order valence-corrected chi connectivity index (χ0v) is 11.6. The summed E-state index contributed by atoms with van der Waals surface area (Å²) in [5.41, 5.74) is 1.46. The van der Waals surface area contributed by atoms with E-state index in [0.717, 1.165) is 10.8 Å². The van der Waals surface area contributed by atoms with Gasteiger partial charge >= 0.3 is 0 Å². The van der Waals surface area contributed by atoms with Gasteiger partial charge in [-0.1, -0.05) is 41.9 Å². The number of fused-ring (bicyclic) bond motifs is 1. The fourth-order valence-electron chi connectivity index (χ4n) is 2.48. The highest BCUT2D eigenvalue weighted by Crippen LogP contribution is 2.40. The summed E-state index contributed by atoms with van der Waals surface area (Å²) in [6.45, 7) is 1.75. The molecule has 3 aromatic rings. The van der Waals surface area contributed by atoms with Crippen molar-refractivity contribution in [2.24, 2.45) is 0 Å². The summed E-state index contributed by atoms with van der Waals surface area (Å²) in [7, 11) is 0. The Morgan fingerprint density at radius 1 is 0.950 bits per heavy atom. The minimum Gasteiger partial charge on any atom is -0.507 e. The number of aromatic hydroxyl groups is 1. The Morgan fingerprint density at radius 3 is 2.50 bits per heavy atom. The topological polar surface area (TPSA) is 20.2 Å². The van der Waals surface area contributed by atoms with Crippen molar-refractivity contribution in [2.75, 3.05) is 0 Å². The maximum Gasteiger partial charge on any atom is 0.131 e. The molecule has 0 amide bonds. The van der Waals surface area contributed by atoms with Gasteiger partial charge in [-0.15, -0.1) is 0 Å². The highest BCUT2D eigenvalue weighted by molar-refractivity contribution is 6.31. The van der Waals surface area contributed by atoms with Gasteiger partial charge in [-0.2, -0.15) is 0 Å². The van der Waals surface area contributed by atoms with E-state index in [1.54, 1.807) is 13.0 Å². The van der Waals surface area contributed by atoms with Gasteiger partial charge in [0.25, 0.3) is 0 Å². The van der Waals surface area contributed by atoms with Crippen LogP contribution in [0.5, 0.6) is 5.75 Å². The second-order valence-electron chi connectivity index (χ2n) is 4.71. The molecule has 0 saturated heterocycles. The quantitative estimate of drug-likeness (QED) is 0.642. The molecular weight excluding hydrogens is 275 g/mol. The molecular formula is C17H12ClFO. The fraction of sp³-hybridized carbons (Fsp3) is 0.0588. The summed E-state index contributed by atoms with van der Waals surface area (Å²) in [6.07, 6.45) is 0. The third kappa shape index (κ3) is 1.93. The Labute approximate surface area is 121 Å². The van der Waals surface area contributed by atoms with Crippen LogP contribution in [0, 0.1) is 12.7 Å². The number of benzene rings is 3. The van der Waals surface area contributed by atoms with Gasteiger partial charge in [0.2, 0.25) is 0 Å². The summed E-state index contributed by atoms with van der Waals surface area (Å²) in [4.78, 5) is 0. The van der Waals surface area contributed by atoms with E-state index in [0.29, 0.717) is 21.7 Å². The van der Waals surface area contributed by atoms with Gasteiger partial charge in [-0.05, 0) is 41.5 Å². The summed E-state index contributed by atoms with van der Waals surface area (Å²) in [5.74, 6) is -0.341. The first-order chi connectivity index (χ1) is 9.59. The average molecular weight is 287 g/mol. The van der Waals surface area contributed by atoms with E-state index in [-0.39, 0.29) is 5.75 Å². The molecule has 0 saturated carbocycles. The van der Waals surface area contributed by atoms with E-state index in [9.17, 15) is 9.50 Å². The van der Waals surface area contributed by atoms with Crippen LogP contribution >= 0.6 is 11.6 Å². The number of hydrogen-bond acceptors (Lipinski definition) is 1. The number of hydrogen-bond donors (Lipinski definition) is 1.